The van der Waals surface area contributed by atoms with Crippen LogP contribution in [0, 0.1) is 0 Å². The van der Waals surface area contributed by atoms with Gasteiger partial charge in [-0.15, -0.1) is 11.8 Å². The highest BCUT2D eigenvalue weighted by Gasteiger charge is 2.47. The van der Waals surface area contributed by atoms with Gasteiger partial charge in [-0.2, -0.15) is 0 Å². The van der Waals surface area contributed by atoms with Crippen LogP contribution < -0.4 is 0 Å². The number of rotatable bonds is 3. The van der Waals surface area contributed by atoms with Gasteiger partial charge < -0.3 is 10.0 Å². The number of amides is 1. The van der Waals surface area contributed by atoms with Crippen LogP contribution in [0.1, 0.15) is 19.8 Å². The molecule has 2 aliphatic heterocycles. The van der Waals surface area contributed by atoms with E-state index < -0.39 is 5.97 Å². The summed E-state index contributed by atoms with van der Waals surface area (Å²) in [6.07, 6.45) is 1.23. The molecular formula is C9H11NO3S. The molecule has 0 saturated carbocycles. The Labute approximate surface area is 86.0 Å². The molecule has 0 bridgehead atoms. The van der Waals surface area contributed by atoms with Gasteiger partial charge >= 0.3 is 5.97 Å². The van der Waals surface area contributed by atoms with Crippen molar-refractivity contribution in [3.8, 4) is 0 Å². The van der Waals surface area contributed by atoms with Crippen LogP contribution in [0.5, 0.6) is 0 Å². The molecule has 1 N–H and O–H groups in total. The fourth-order valence-corrected chi connectivity index (χ4v) is 2.90. The van der Waals surface area contributed by atoms with Gasteiger partial charge in [-0.1, -0.05) is 6.92 Å². The van der Waals surface area contributed by atoms with Crippen molar-refractivity contribution in [3.63, 3.8) is 0 Å². The Balaban J connectivity index is 2.28. The second-order valence-electron chi connectivity index (χ2n) is 3.34. The van der Waals surface area contributed by atoms with E-state index >= 15 is 0 Å². The molecule has 1 atom stereocenters. The summed E-state index contributed by atoms with van der Waals surface area (Å²) < 4.78 is 0. The van der Waals surface area contributed by atoms with Crippen molar-refractivity contribution < 1.29 is 14.7 Å². The van der Waals surface area contributed by atoms with E-state index in [2.05, 4.69) is 0 Å². The van der Waals surface area contributed by atoms with Gasteiger partial charge in [0.05, 0.1) is 6.04 Å². The first-order valence-electron chi connectivity index (χ1n) is 4.56. The van der Waals surface area contributed by atoms with Crippen molar-refractivity contribution in [1.82, 2.24) is 4.90 Å². The fourth-order valence-electron chi connectivity index (χ4n) is 1.92. The number of hydrogen-bond acceptors (Lipinski definition) is 3. The molecule has 0 spiro atoms. The summed E-state index contributed by atoms with van der Waals surface area (Å²) in [5.41, 5.74) is 0.220. The van der Waals surface area contributed by atoms with E-state index in [9.17, 15) is 9.59 Å². The predicted molar refractivity (Wildman–Crippen MR) is 52.7 cm³/mol. The topological polar surface area (TPSA) is 57.6 Å². The van der Waals surface area contributed by atoms with Crippen molar-refractivity contribution in [1.29, 1.82) is 0 Å². The van der Waals surface area contributed by atoms with Gasteiger partial charge in [0.25, 0.3) is 0 Å². The minimum absolute atomic E-state index is 0.0564. The zero-order valence-electron chi connectivity index (χ0n) is 7.82. The normalized spacial score (nSPS) is 25.1. The Kier molecular flexibility index (Phi) is 2.26. The highest BCUT2D eigenvalue weighted by atomic mass is 32.2. The molecular weight excluding hydrogens is 202 g/mol. The lowest BCUT2D eigenvalue weighted by molar-refractivity contribution is -0.147. The Hall–Kier alpha value is -0.970. The number of carbonyl (C=O) groups excluding carboxylic acids is 1. The largest absolute Gasteiger partial charge is 0.477 e. The highest BCUT2D eigenvalue weighted by Crippen LogP contribution is 2.42. The maximum Gasteiger partial charge on any atom is 0.353 e. The van der Waals surface area contributed by atoms with Gasteiger partial charge in [0.15, 0.2) is 0 Å². The number of carboxylic acids is 1. The van der Waals surface area contributed by atoms with Gasteiger partial charge in [0, 0.05) is 17.7 Å². The summed E-state index contributed by atoms with van der Waals surface area (Å²) in [5, 5.41) is 8.99. The first-order valence-corrected chi connectivity index (χ1v) is 5.55. The van der Waals surface area contributed by atoms with Gasteiger partial charge in [0.2, 0.25) is 5.91 Å². The number of fused-ring (bicyclic) bond motifs is 1. The minimum atomic E-state index is -0.975. The fraction of sp³-hybridized carbons (Fsp3) is 0.556. The highest BCUT2D eigenvalue weighted by molar-refractivity contribution is 8.03. The number of carboxylic acid groups (broad SMARTS) is 1. The van der Waals surface area contributed by atoms with Crippen LogP contribution >= 0.6 is 11.8 Å². The molecule has 0 aromatic heterocycles. The van der Waals surface area contributed by atoms with E-state index in [4.69, 9.17) is 5.11 Å². The maximum atomic E-state index is 11.2. The number of nitrogens with zero attached hydrogens (tertiary/aromatic N) is 1. The summed E-state index contributed by atoms with van der Waals surface area (Å²) in [7, 11) is 0. The zero-order chi connectivity index (χ0) is 10.3. The van der Waals surface area contributed by atoms with Gasteiger partial charge in [-0.05, 0) is 5.75 Å². The molecule has 2 heterocycles. The molecule has 0 aliphatic carbocycles. The third-order valence-electron chi connectivity index (χ3n) is 2.49. The molecule has 1 unspecified atom stereocenters. The Bertz CT molecular complexity index is 337. The Morgan fingerprint density at radius 3 is 2.86 bits per heavy atom. The average Bonchev–Trinajstić information content (AvgIpc) is 2.39. The molecule has 1 saturated heterocycles. The first kappa shape index (κ1) is 9.58. The van der Waals surface area contributed by atoms with E-state index in [0.29, 0.717) is 6.42 Å². The molecule has 14 heavy (non-hydrogen) atoms. The second kappa shape index (κ2) is 3.31. The van der Waals surface area contributed by atoms with Crippen molar-refractivity contribution >= 4 is 23.6 Å². The average molecular weight is 213 g/mol. The quantitative estimate of drug-likeness (QED) is 0.712. The number of β-lactam (4-membered cyclic amide) rings is 1. The van der Waals surface area contributed by atoms with Crippen LogP contribution in [0.3, 0.4) is 0 Å². The molecule has 1 fully saturated rings. The Morgan fingerprint density at radius 2 is 2.36 bits per heavy atom. The van der Waals surface area contributed by atoms with Crippen molar-refractivity contribution in [3.05, 3.63) is 10.6 Å². The third kappa shape index (κ3) is 1.23. The number of aliphatic carboxylic acids is 1. The van der Waals surface area contributed by atoms with Crippen LogP contribution in [-0.2, 0) is 9.59 Å². The van der Waals surface area contributed by atoms with Gasteiger partial charge in [0.1, 0.15) is 5.70 Å². The van der Waals surface area contributed by atoms with E-state index in [1.54, 1.807) is 0 Å². The summed E-state index contributed by atoms with van der Waals surface area (Å²) in [6.45, 7) is 1.98. The molecule has 76 valence electrons. The van der Waals surface area contributed by atoms with Gasteiger partial charge in [-0.3, -0.25) is 4.79 Å². The Morgan fingerprint density at radius 1 is 1.64 bits per heavy atom. The van der Waals surface area contributed by atoms with Crippen molar-refractivity contribution in [2.75, 3.05) is 5.75 Å². The van der Waals surface area contributed by atoms with Crippen molar-refractivity contribution in [2.24, 2.45) is 0 Å². The van der Waals surface area contributed by atoms with E-state index in [1.807, 2.05) is 6.92 Å². The first-order chi connectivity index (χ1) is 6.65. The molecule has 2 aliphatic rings. The SMILES string of the molecule is CCSC1=C(C(=O)O)N2C(=O)CC2C1. The lowest BCUT2D eigenvalue weighted by atomic mass is 10.0. The van der Waals surface area contributed by atoms with E-state index in [0.717, 1.165) is 17.1 Å². The van der Waals surface area contributed by atoms with Gasteiger partial charge in [-0.25, -0.2) is 4.79 Å². The van der Waals surface area contributed by atoms with Crippen LogP contribution in [0.2, 0.25) is 0 Å². The number of hydrogen-bond donors (Lipinski definition) is 1. The second-order valence-corrected chi connectivity index (χ2v) is 4.69. The molecule has 5 heteroatoms. The van der Waals surface area contributed by atoms with Crippen molar-refractivity contribution in [2.45, 2.75) is 25.8 Å². The standard InChI is InChI=1S/C9H11NO3S/c1-2-14-6-3-5-4-7(11)10(5)8(6)9(12)13/h5H,2-4H2,1H3,(H,12,13). The summed E-state index contributed by atoms with van der Waals surface area (Å²) >= 11 is 1.53. The van der Waals surface area contributed by atoms with E-state index in [-0.39, 0.29) is 17.6 Å². The van der Waals surface area contributed by atoms with E-state index in [1.165, 1.54) is 16.7 Å². The van der Waals surface area contributed by atoms with Crippen LogP contribution in [0.25, 0.3) is 0 Å². The maximum absolute atomic E-state index is 11.2. The molecule has 4 nitrogen and oxygen atoms in total. The minimum Gasteiger partial charge on any atom is -0.477 e. The smallest absolute Gasteiger partial charge is 0.353 e. The molecule has 2 rings (SSSR count). The molecule has 0 radical (unpaired) electrons. The molecule has 0 aromatic carbocycles. The van der Waals surface area contributed by atoms with Crippen LogP contribution in [0.15, 0.2) is 10.6 Å². The summed E-state index contributed by atoms with van der Waals surface area (Å²) in [6, 6.07) is 0.127. The van der Waals surface area contributed by atoms with Crippen LogP contribution in [0.4, 0.5) is 0 Å². The number of carbonyl (C=O) groups is 2. The molecule has 1 amide bonds. The lowest BCUT2D eigenvalue weighted by Crippen LogP contribution is -2.49. The molecule has 0 aromatic rings. The third-order valence-corrected chi connectivity index (χ3v) is 3.49. The van der Waals surface area contributed by atoms with Crippen LogP contribution in [-0.4, -0.2) is 33.7 Å². The number of thioether (sulfide) groups is 1. The summed E-state index contributed by atoms with van der Waals surface area (Å²) in [4.78, 5) is 24.4. The monoisotopic (exact) mass is 213 g/mol. The lowest BCUT2D eigenvalue weighted by Gasteiger charge is -2.34. The summed E-state index contributed by atoms with van der Waals surface area (Å²) in [5.74, 6) is -0.184. The predicted octanol–water partition coefficient (Wildman–Crippen LogP) is 1.04. The zero-order valence-corrected chi connectivity index (χ0v) is 8.63.